The van der Waals surface area contributed by atoms with Gasteiger partial charge in [-0.25, -0.2) is 9.67 Å². The second-order valence-corrected chi connectivity index (χ2v) is 6.94. The van der Waals surface area contributed by atoms with Crippen molar-refractivity contribution in [1.29, 1.82) is 0 Å². The Morgan fingerprint density at radius 2 is 2.15 bits per heavy atom. The summed E-state index contributed by atoms with van der Waals surface area (Å²) in [5.74, 6) is 0.636. The van der Waals surface area contributed by atoms with Crippen molar-refractivity contribution in [2.24, 2.45) is 0 Å². The Balaban J connectivity index is 1.57. The third kappa shape index (κ3) is 3.34. The smallest absolute Gasteiger partial charge is 0.262 e. The SMILES string of the molecule is Cc1oc(C)c(C(=O)Nc2nc(-c3cccc(-n4cnnn4)c3)cs2)c1Cl. The maximum absolute atomic E-state index is 12.5. The lowest BCUT2D eigenvalue weighted by atomic mass is 10.1. The van der Waals surface area contributed by atoms with Crippen LogP contribution in [0.3, 0.4) is 0 Å². The molecule has 0 aliphatic carbocycles. The Morgan fingerprint density at radius 3 is 2.85 bits per heavy atom. The number of rotatable bonds is 4. The Hall–Kier alpha value is -3.04. The molecule has 3 heterocycles. The van der Waals surface area contributed by atoms with Crippen molar-refractivity contribution >= 4 is 34.0 Å². The Morgan fingerprint density at radius 1 is 1.30 bits per heavy atom. The molecule has 10 heteroatoms. The van der Waals surface area contributed by atoms with Crippen molar-refractivity contribution in [1.82, 2.24) is 25.2 Å². The summed E-state index contributed by atoms with van der Waals surface area (Å²) in [6.07, 6.45) is 1.52. The lowest BCUT2D eigenvalue weighted by Crippen LogP contribution is -2.12. The van der Waals surface area contributed by atoms with Crippen LogP contribution in [0.2, 0.25) is 5.02 Å². The van der Waals surface area contributed by atoms with E-state index in [2.05, 4.69) is 25.8 Å². The molecule has 1 amide bonds. The molecular weight excluding hydrogens is 388 g/mol. The summed E-state index contributed by atoms with van der Waals surface area (Å²) < 4.78 is 6.96. The van der Waals surface area contributed by atoms with E-state index in [1.165, 1.54) is 17.7 Å². The van der Waals surface area contributed by atoms with Crippen LogP contribution in [0.5, 0.6) is 0 Å². The topological polar surface area (TPSA) is 98.7 Å². The summed E-state index contributed by atoms with van der Waals surface area (Å²) >= 11 is 7.48. The van der Waals surface area contributed by atoms with Crippen LogP contribution in [0.15, 0.2) is 40.4 Å². The second kappa shape index (κ2) is 6.93. The lowest BCUT2D eigenvalue weighted by Gasteiger charge is -2.02. The molecule has 3 aromatic heterocycles. The predicted octanol–water partition coefficient (Wildman–Crippen LogP) is 3.90. The third-order valence-electron chi connectivity index (χ3n) is 3.89. The lowest BCUT2D eigenvalue weighted by molar-refractivity contribution is 0.102. The molecule has 1 N–H and O–H groups in total. The number of halogens is 1. The van der Waals surface area contributed by atoms with Crippen molar-refractivity contribution < 1.29 is 9.21 Å². The van der Waals surface area contributed by atoms with E-state index in [4.69, 9.17) is 16.0 Å². The number of hydrogen-bond acceptors (Lipinski definition) is 7. The van der Waals surface area contributed by atoms with Crippen LogP contribution < -0.4 is 5.32 Å². The molecule has 0 aliphatic rings. The van der Waals surface area contributed by atoms with Crippen LogP contribution in [0.1, 0.15) is 21.9 Å². The summed E-state index contributed by atoms with van der Waals surface area (Å²) in [4.78, 5) is 17.0. The number of furan rings is 1. The molecule has 0 atom stereocenters. The quantitative estimate of drug-likeness (QED) is 0.557. The van der Waals surface area contributed by atoms with Crippen molar-refractivity contribution in [3.05, 3.63) is 58.1 Å². The predicted molar refractivity (Wildman–Crippen MR) is 101 cm³/mol. The standard InChI is InChI=1S/C17H13ClN6O2S/c1-9-14(15(18)10(2)26-9)16(25)21-17-20-13(7-27-17)11-4-3-5-12(6-11)24-8-19-22-23-24/h3-8H,1-2H3,(H,20,21,25). The molecule has 0 radical (unpaired) electrons. The van der Waals surface area contributed by atoms with E-state index in [0.717, 1.165) is 16.9 Å². The average Bonchev–Trinajstić information content (AvgIpc) is 3.37. The zero-order valence-corrected chi connectivity index (χ0v) is 15.9. The minimum atomic E-state index is -0.349. The summed E-state index contributed by atoms with van der Waals surface area (Å²) in [6, 6.07) is 7.62. The average molecular weight is 401 g/mol. The van der Waals surface area contributed by atoms with E-state index < -0.39 is 0 Å². The number of thiazole rings is 1. The van der Waals surface area contributed by atoms with Crippen molar-refractivity contribution in [3.8, 4) is 16.9 Å². The van der Waals surface area contributed by atoms with E-state index in [-0.39, 0.29) is 5.91 Å². The van der Waals surface area contributed by atoms with Gasteiger partial charge in [0.05, 0.1) is 22.0 Å². The van der Waals surface area contributed by atoms with Crippen molar-refractivity contribution in [2.75, 3.05) is 5.32 Å². The van der Waals surface area contributed by atoms with Gasteiger partial charge in [0.15, 0.2) is 5.13 Å². The molecule has 1 aromatic carbocycles. The minimum Gasteiger partial charge on any atom is -0.464 e. The number of amides is 1. The number of anilines is 1. The van der Waals surface area contributed by atoms with Crippen LogP contribution in [0.25, 0.3) is 16.9 Å². The molecule has 0 spiro atoms. The van der Waals surface area contributed by atoms with Gasteiger partial charge in [-0.1, -0.05) is 23.7 Å². The highest BCUT2D eigenvalue weighted by Crippen LogP contribution is 2.30. The molecule has 0 aliphatic heterocycles. The van der Waals surface area contributed by atoms with Gasteiger partial charge in [0.2, 0.25) is 0 Å². The van der Waals surface area contributed by atoms with E-state index >= 15 is 0 Å². The largest absolute Gasteiger partial charge is 0.464 e. The van der Waals surface area contributed by atoms with Gasteiger partial charge in [-0.05, 0) is 36.4 Å². The highest BCUT2D eigenvalue weighted by atomic mass is 35.5. The van der Waals surface area contributed by atoms with Gasteiger partial charge in [0.25, 0.3) is 5.91 Å². The summed E-state index contributed by atoms with van der Waals surface area (Å²) in [5, 5.41) is 16.6. The molecule has 0 saturated carbocycles. The second-order valence-electron chi connectivity index (χ2n) is 5.70. The highest BCUT2D eigenvalue weighted by molar-refractivity contribution is 7.14. The summed E-state index contributed by atoms with van der Waals surface area (Å²) in [5.41, 5.74) is 2.75. The Kier molecular flexibility index (Phi) is 4.46. The van der Waals surface area contributed by atoms with Crippen LogP contribution >= 0.6 is 22.9 Å². The van der Waals surface area contributed by atoms with Crippen LogP contribution in [0.4, 0.5) is 5.13 Å². The first kappa shape index (κ1) is 17.4. The fourth-order valence-electron chi connectivity index (χ4n) is 2.63. The maximum Gasteiger partial charge on any atom is 0.262 e. The number of hydrogen-bond donors (Lipinski definition) is 1. The number of aryl methyl sites for hydroxylation is 2. The van der Waals surface area contributed by atoms with Gasteiger partial charge in [-0.15, -0.1) is 16.4 Å². The minimum absolute atomic E-state index is 0.316. The number of aromatic nitrogens is 5. The van der Waals surface area contributed by atoms with E-state index in [1.807, 2.05) is 29.6 Å². The van der Waals surface area contributed by atoms with E-state index in [9.17, 15) is 4.79 Å². The third-order valence-corrected chi connectivity index (χ3v) is 5.11. The van der Waals surface area contributed by atoms with Crippen LogP contribution in [0, 0.1) is 13.8 Å². The van der Waals surface area contributed by atoms with Crippen molar-refractivity contribution in [3.63, 3.8) is 0 Å². The normalized spacial score (nSPS) is 10.9. The number of nitrogens with zero attached hydrogens (tertiary/aromatic N) is 5. The number of nitrogens with one attached hydrogen (secondary N) is 1. The fraction of sp³-hybridized carbons (Fsp3) is 0.118. The first-order valence-corrected chi connectivity index (χ1v) is 9.15. The fourth-order valence-corrected chi connectivity index (χ4v) is 3.60. The van der Waals surface area contributed by atoms with Gasteiger partial charge < -0.3 is 4.42 Å². The summed E-state index contributed by atoms with van der Waals surface area (Å²) in [6.45, 7) is 3.41. The van der Waals surface area contributed by atoms with Gasteiger partial charge in [-0.2, -0.15) is 0 Å². The van der Waals surface area contributed by atoms with Crippen LogP contribution in [-0.4, -0.2) is 31.1 Å². The first-order valence-electron chi connectivity index (χ1n) is 7.89. The van der Waals surface area contributed by atoms with Crippen LogP contribution in [-0.2, 0) is 0 Å². The summed E-state index contributed by atoms with van der Waals surface area (Å²) in [7, 11) is 0. The van der Waals surface area contributed by atoms with Gasteiger partial charge >= 0.3 is 0 Å². The molecule has 0 saturated heterocycles. The van der Waals surface area contributed by atoms with E-state index in [0.29, 0.717) is 27.2 Å². The number of tetrazole rings is 1. The molecule has 136 valence electrons. The first-order chi connectivity index (χ1) is 13.0. The van der Waals surface area contributed by atoms with E-state index in [1.54, 1.807) is 18.5 Å². The molecule has 4 aromatic rings. The molecule has 0 fully saturated rings. The van der Waals surface area contributed by atoms with Crippen molar-refractivity contribution in [2.45, 2.75) is 13.8 Å². The monoisotopic (exact) mass is 400 g/mol. The zero-order chi connectivity index (χ0) is 19.0. The molecule has 0 bridgehead atoms. The molecule has 4 rings (SSSR count). The molecular formula is C17H13ClN6O2S. The number of carbonyl (C=O) groups is 1. The maximum atomic E-state index is 12.5. The zero-order valence-electron chi connectivity index (χ0n) is 14.3. The van der Waals surface area contributed by atoms with Gasteiger partial charge in [0, 0.05) is 10.9 Å². The molecule has 8 nitrogen and oxygen atoms in total. The van der Waals surface area contributed by atoms with Gasteiger partial charge in [0.1, 0.15) is 17.8 Å². The molecule has 0 unspecified atom stereocenters. The number of benzene rings is 1. The number of carbonyl (C=O) groups excluding carboxylic acids is 1. The Bertz CT molecular complexity index is 1120. The Labute approximate surface area is 162 Å². The van der Waals surface area contributed by atoms with Gasteiger partial charge in [-0.3, -0.25) is 10.1 Å². The molecule has 27 heavy (non-hydrogen) atoms. The highest BCUT2D eigenvalue weighted by Gasteiger charge is 2.21.